The third-order valence-corrected chi connectivity index (χ3v) is 9.72. The second-order valence-corrected chi connectivity index (χ2v) is 12.8. The highest BCUT2D eigenvalue weighted by molar-refractivity contribution is 5.93. The van der Waals surface area contributed by atoms with Crippen LogP contribution in [0.1, 0.15) is 18.7 Å². The molecule has 2 aromatic carbocycles. The van der Waals surface area contributed by atoms with E-state index in [1.165, 1.54) is 23.1 Å². The van der Waals surface area contributed by atoms with Crippen LogP contribution in [-0.4, -0.2) is 89.5 Å². The van der Waals surface area contributed by atoms with Gasteiger partial charge in [-0.05, 0) is 50.1 Å². The first-order valence-electron chi connectivity index (χ1n) is 16.4. The average molecular weight is 663 g/mol. The van der Waals surface area contributed by atoms with Crippen molar-refractivity contribution in [2.75, 3.05) is 36.5 Å². The number of aromatic nitrogens is 7. The highest BCUT2D eigenvalue weighted by Gasteiger charge is 2.42. The summed E-state index contributed by atoms with van der Waals surface area (Å²) in [4.78, 5) is 37.5. The van der Waals surface area contributed by atoms with Crippen LogP contribution >= 0.6 is 0 Å². The minimum absolute atomic E-state index is 0.0204. The maximum Gasteiger partial charge on any atom is 0.245 e. The molecule has 14 heteroatoms. The van der Waals surface area contributed by atoms with E-state index in [4.69, 9.17) is 14.7 Å². The van der Waals surface area contributed by atoms with Crippen molar-refractivity contribution in [3.8, 4) is 16.9 Å². The van der Waals surface area contributed by atoms with Crippen LogP contribution in [0.2, 0.25) is 0 Å². The number of benzene rings is 2. The number of hydrogen-bond acceptors (Lipinski definition) is 9. The molecular formula is C35H32F2N10O2. The first-order valence-corrected chi connectivity index (χ1v) is 16.4. The van der Waals surface area contributed by atoms with Crippen molar-refractivity contribution in [2.24, 2.45) is 0 Å². The highest BCUT2D eigenvalue weighted by atomic mass is 19.1. The molecule has 1 N–H and O–H groups in total. The number of hydrogen-bond donors (Lipinski definition) is 1. The van der Waals surface area contributed by atoms with E-state index in [0.717, 1.165) is 34.2 Å². The first-order chi connectivity index (χ1) is 23.9. The number of aryl methyl sites for hydroxylation is 1. The molecular weight excluding hydrogens is 630 g/mol. The Bertz CT molecular complexity index is 2250. The number of halogens is 2. The number of imidazole rings is 1. The van der Waals surface area contributed by atoms with E-state index in [-0.39, 0.29) is 23.7 Å². The zero-order valence-electron chi connectivity index (χ0n) is 26.6. The molecule has 0 spiro atoms. The number of amides is 1. The molecule has 3 atom stereocenters. The molecule has 4 aromatic heterocycles. The summed E-state index contributed by atoms with van der Waals surface area (Å²) >= 11 is 0. The van der Waals surface area contributed by atoms with Crippen LogP contribution in [0.4, 0.5) is 20.4 Å². The number of fused-ring (bicyclic) bond motifs is 8. The number of carbonyl (C=O) groups is 1. The molecule has 6 aromatic rings. The number of carbonyl (C=O) groups excluding carboxylic acids is 1. The monoisotopic (exact) mass is 662 g/mol. The topological polar surface area (TPSA) is 119 Å². The average Bonchev–Trinajstić information content (AvgIpc) is 3.74. The maximum absolute atomic E-state index is 14.8. The Morgan fingerprint density at radius 1 is 1.00 bits per heavy atom. The lowest BCUT2D eigenvalue weighted by Crippen LogP contribution is -2.48. The third kappa shape index (κ3) is 5.05. The summed E-state index contributed by atoms with van der Waals surface area (Å²) in [6.45, 7) is 4.50. The molecule has 0 saturated carbocycles. The molecule has 7 heterocycles. The summed E-state index contributed by atoms with van der Waals surface area (Å²) < 4.78 is 38.4. The number of pyridine rings is 1. The van der Waals surface area contributed by atoms with Crippen molar-refractivity contribution in [1.82, 2.24) is 39.2 Å². The molecule has 9 rings (SSSR count). The lowest BCUT2D eigenvalue weighted by atomic mass is 10.1. The Kier molecular flexibility index (Phi) is 7.00. The molecule has 1 amide bonds. The van der Waals surface area contributed by atoms with Crippen LogP contribution in [0.3, 0.4) is 0 Å². The molecule has 0 unspecified atom stereocenters. The Labute approximate surface area is 279 Å². The zero-order chi connectivity index (χ0) is 33.2. The van der Waals surface area contributed by atoms with Gasteiger partial charge >= 0.3 is 0 Å². The van der Waals surface area contributed by atoms with Gasteiger partial charge in [-0.2, -0.15) is 5.10 Å². The lowest BCUT2D eigenvalue weighted by Gasteiger charge is -2.31. The van der Waals surface area contributed by atoms with E-state index in [0.29, 0.717) is 68.3 Å². The van der Waals surface area contributed by atoms with Crippen molar-refractivity contribution < 1.29 is 18.3 Å². The van der Waals surface area contributed by atoms with Crippen LogP contribution in [0.25, 0.3) is 39.0 Å². The quantitative estimate of drug-likeness (QED) is 0.286. The number of nitrogens with one attached hydrogen (secondary N) is 1. The predicted molar refractivity (Wildman–Crippen MR) is 178 cm³/mol. The smallest absolute Gasteiger partial charge is 0.245 e. The van der Waals surface area contributed by atoms with E-state index < -0.39 is 17.7 Å². The van der Waals surface area contributed by atoms with Crippen molar-refractivity contribution in [2.45, 2.75) is 44.5 Å². The SMILES string of the molecule is Cc1nc2cccc3c2n1C[C@@H]1CN(CCCO1)C(=O)[C@@H]1C[C@@H](CN1c1ncnc2c1cnn2-c1ccc(F)cc1F)Nc1cccc-3n1. The van der Waals surface area contributed by atoms with Gasteiger partial charge in [0.25, 0.3) is 0 Å². The summed E-state index contributed by atoms with van der Waals surface area (Å²) in [6, 6.07) is 14.6. The number of para-hydroxylation sites is 1. The minimum atomic E-state index is -0.765. The number of anilines is 2. The van der Waals surface area contributed by atoms with Crippen molar-refractivity contribution >= 4 is 39.6 Å². The fourth-order valence-electron chi connectivity index (χ4n) is 7.52. The molecule has 3 aliphatic heterocycles. The number of ether oxygens (including phenoxy) is 1. The first kappa shape index (κ1) is 29.6. The van der Waals surface area contributed by atoms with Crippen molar-refractivity contribution in [3.63, 3.8) is 0 Å². The van der Waals surface area contributed by atoms with E-state index in [9.17, 15) is 13.6 Å². The highest BCUT2D eigenvalue weighted by Crippen LogP contribution is 2.35. The van der Waals surface area contributed by atoms with Crippen LogP contribution < -0.4 is 10.2 Å². The van der Waals surface area contributed by atoms with Gasteiger partial charge in [0.15, 0.2) is 11.5 Å². The summed E-state index contributed by atoms with van der Waals surface area (Å²) in [5.41, 5.74) is 4.07. The molecule has 49 heavy (non-hydrogen) atoms. The summed E-state index contributed by atoms with van der Waals surface area (Å²) in [5.74, 6) is 0.599. The van der Waals surface area contributed by atoms with Crippen LogP contribution in [0, 0.1) is 18.6 Å². The van der Waals surface area contributed by atoms with Crippen LogP contribution in [0.5, 0.6) is 0 Å². The molecule has 12 nitrogen and oxygen atoms in total. The van der Waals surface area contributed by atoms with Gasteiger partial charge in [-0.15, -0.1) is 0 Å². The van der Waals surface area contributed by atoms with Gasteiger partial charge in [0.2, 0.25) is 5.91 Å². The molecule has 2 saturated heterocycles. The Morgan fingerprint density at radius 3 is 2.80 bits per heavy atom. The lowest BCUT2D eigenvalue weighted by molar-refractivity contribution is -0.133. The van der Waals surface area contributed by atoms with E-state index >= 15 is 0 Å². The van der Waals surface area contributed by atoms with E-state index in [1.807, 2.05) is 47.1 Å². The summed E-state index contributed by atoms with van der Waals surface area (Å²) in [6.07, 6.45) is 3.91. The van der Waals surface area contributed by atoms with Gasteiger partial charge in [0, 0.05) is 43.9 Å². The second-order valence-electron chi connectivity index (χ2n) is 12.8. The van der Waals surface area contributed by atoms with Gasteiger partial charge in [-0.1, -0.05) is 18.2 Å². The van der Waals surface area contributed by atoms with Gasteiger partial charge < -0.3 is 24.4 Å². The van der Waals surface area contributed by atoms with Gasteiger partial charge in [0.05, 0.1) is 41.0 Å². The van der Waals surface area contributed by atoms with Gasteiger partial charge in [-0.3, -0.25) is 4.79 Å². The molecule has 248 valence electrons. The van der Waals surface area contributed by atoms with Gasteiger partial charge in [0.1, 0.15) is 41.3 Å². The van der Waals surface area contributed by atoms with Crippen LogP contribution in [-0.2, 0) is 16.1 Å². The Morgan fingerprint density at radius 2 is 1.90 bits per heavy atom. The Hall–Kier alpha value is -5.50. The van der Waals surface area contributed by atoms with Crippen molar-refractivity contribution in [3.05, 3.63) is 84.6 Å². The van der Waals surface area contributed by atoms with Gasteiger partial charge in [-0.25, -0.2) is 33.4 Å². The number of nitrogens with zero attached hydrogens (tertiary/aromatic N) is 9. The predicted octanol–water partition coefficient (Wildman–Crippen LogP) is 4.50. The second kappa shape index (κ2) is 11.6. The zero-order valence-corrected chi connectivity index (χ0v) is 26.6. The molecule has 6 bridgehead atoms. The fourth-order valence-corrected chi connectivity index (χ4v) is 7.52. The summed E-state index contributed by atoms with van der Waals surface area (Å²) in [7, 11) is 0. The molecule has 0 radical (unpaired) electrons. The largest absolute Gasteiger partial charge is 0.374 e. The standard InChI is InChI=1S/C35H32F2N10O2/c1-20-41-28-7-2-5-24-27-6-3-8-31(43-27)42-22-14-30(35(48)44-11-4-12-49-23(17-44)18-45(20)32(24)28)46(16-22)33-25-15-40-47(34(25)39-19-38-33)29-10-9-21(36)13-26(29)37/h2-3,5-10,13,15,19,22-23,30H,4,11-12,14,16-18H2,1H3,(H,42,43)/t22-,23-,30-/m0/s1. The van der Waals surface area contributed by atoms with Crippen LogP contribution in [0.15, 0.2) is 67.1 Å². The molecule has 3 aliphatic rings. The molecule has 2 fully saturated rings. The third-order valence-electron chi connectivity index (χ3n) is 9.72. The summed E-state index contributed by atoms with van der Waals surface area (Å²) in [5, 5.41) is 8.56. The van der Waals surface area contributed by atoms with E-state index in [1.54, 1.807) is 6.20 Å². The fraction of sp³-hybridized carbons (Fsp3) is 0.314. The maximum atomic E-state index is 14.8. The minimum Gasteiger partial charge on any atom is -0.374 e. The number of rotatable bonds is 2. The normalized spacial score (nSPS) is 21.0. The van der Waals surface area contributed by atoms with E-state index in [2.05, 4.69) is 31.0 Å². The molecule has 0 aliphatic carbocycles. The van der Waals surface area contributed by atoms with Crippen molar-refractivity contribution in [1.29, 1.82) is 0 Å². The Balaban J connectivity index is 1.15.